The molecule has 1 N–H and O–H groups in total. The van der Waals surface area contributed by atoms with Gasteiger partial charge in [0.15, 0.2) is 0 Å². The standard InChI is InChI=1S/C14H13BrN2S/c1-10(13-4-2-3-5-14(13)15)17-8-12-6-11(7-16)9-18-12/h2-6,9-10,17H,8H2,1H3/t10-/m1/s1. The summed E-state index contributed by atoms with van der Waals surface area (Å²) in [4.78, 5) is 1.19. The number of nitrogens with one attached hydrogen (secondary N) is 1. The summed E-state index contributed by atoms with van der Waals surface area (Å²) in [5.74, 6) is 0. The Labute approximate surface area is 119 Å². The summed E-state index contributed by atoms with van der Waals surface area (Å²) in [5, 5.41) is 14.1. The summed E-state index contributed by atoms with van der Waals surface area (Å²) < 4.78 is 1.12. The van der Waals surface area contributed by atoms with Crippen molar-refractivity contribution in [2.24, 2.45) is 0 Å². The highest BCUT2D eigenvalue weighted by Gasteiger charge is 2.08. The number of hydrogen-bond donors (Lipinski definition) is 1. The van der Waals surface area contributed by atoms with Gasteiger partial charge in [0, 0.05) is 27.3 Å². The quantitative estimate of drug-likeness (QED) is 0.914. The van der Waals surface area contributed by atoms with Gasteiger partial charge in [-0.15, -0.1) is 11.3 Å². The summed E-state index contributed by atoms with van der Waals surface area (Å²) in [5.41, 5.74) is 1.99. The van der Waals surface area contributed by atoms with E-state index >= 15 is 0 Å². The number of nitrogens with zero attached hydrogens (tertiary/aromatic N) is 1. The molecule has 0 spiro atoms. The van der Waals surface area contributed by atoms with Crippen LogP contribution in [-0.2, 0) is 6.54 Å². The average molecular weight is 321 g/mol. The zero-order valence-electron chi connectivity index (χ0n) is 9.98. The Hall–Kier alpha value is -1.15. The fourth-order valence-corrected chi connectivity index (χ4v) is 3.11. The molecule has 0 unspecified atom stereocenters. The molecule has 0 bridgehead atoms. The van der Waals surface area contributed by atoms with Crippen LogP contribution < -0.4 is 5.32 Å². The monoisotopic (exact) mass is 320 g/mol. The van der Waals surface area contributed by atoms with Crippen LogP contribution in [0.2, 0.25) is 0 Å². The molecule has 0 aliphatic carbocycles. The molecule has 92 valence electrons. The number of rotatable bonds is 4. The van der Waals surface area contributed by atoms with E-state index in [0.717, 1.165) is 16.6 Å². The van der Waals surface area contributed by atoms with Crippen molar-refractivity contribution in [3.8, 4) is 6.07 Å². The van der Waals surface area contributed by atoms with Gasteiger partial charge in [-0.25, -0.2) is 0 Å². The van der Waals surface area contributed by atoms with E-state index in [1.54, 1.807) is 11.3 Å². The fourth-order valence-electron chi connectivity index (χ4n) is 1.72. The molecule has 0 radical (unpaired) electrons. The van der Waals surface area contributed by atoms with E-state index in [0.29, 0.717) is 0 Å². The lowest BCUT2D eigenvalue weighted by atomic mass is 10.1. The van der Waals surface area contributed by atoms with Crippen LogP contribution in [0.25, 0.3) is 0 Å². The molecule has 0 saturated heterocycles. The van der Waals surface area contributed by atoms with Gasteiger partial charge in [0.2, 0.25) is 0 Å². The Bertz CT molecular complexity index is 571. The van der Waals surface area contributed by atoms with Gasteiger partial charge >= 0.3 is 0 Å². The van der Waals surface area contributed by atoms with Crippen molar-refractivity contribution < 1.29 is 0 Å². The first-order chi connectivity index (χ1) is 8.70. The third kappa shape index (κ3) is 3.20. The van der Waals surface area contributed by atoms with Gasteiger partial charge in [-0.2, -0.15) is 5.26 Å². The Morgan fingerprint density at radius 2 is 2.22 bits per heavy atom. The average Bonchev–Trinajstić information content (AvgIpc) is 2.84. The first-order valence-electron chi connectivity index (χ1n) is 5.66. The second kappa shape index (κ2) is 6.14. The number of halogens is 1. The second-order valence-electron chi connectivity index (χ2n) is 4.04. The van der Waals surface area contributed by atoms with E-state index in [4.69, 9.17) is 5.26 Å². The highest BCUT2D eigenvalue weighted by Crippen LogP contribution is 2.23. The molecule has 0 aliphatic heterocycles. The maximum absolute atomic E-state index is 8.77. The maximum atomic E-state index is 8.77. The Morgan fingerprint density at radius 3 is 2.89 bits per heavy atom. The van der Waals surface area contributed by atoms with Gasteiger partial charge < -0.3 is 5.32 Å². The van der Waals surface area contributed by atoms with Crippen molar-refractivity contribution in [3.63, 3.8) is 0 Å². The van der Waals surface area contributed by atoms with E-state index < -0.39 is 0 Å². The molecule has 2 rings (SSSR count). The smallest absolute Gasteiger partial charge is 0.100 e. The largest absolute Gasteiger partial charge is 0.305 e. The van der Waals surface area contributed by atoms with Crippen LogP contribution in [0.5, 0.6) is 0 Å². The third-order valence-electron chi connectivity index (χ3n) is 2.74. The van der Waals surface area contributed by atoms with E-state index in [-0.39, 0.29) is 6.04 Å². The van der Waals surface area contributed by atoms with Crippen LogP contribution in [0.4, 0.5) is 0 Å². The zero-order valence-corrected chi connectivity index (χ0v) is 12.4. The number of benzene rings is 1. The molecule has 1 aromatic carbocycles. The lowest BCUT2D eigenvalue weighted by Crippen LogP contribution is -2.17. The second-order valence-corrected chi connectivity index (χ2v) is 5.89. The molecule has 0 aliphatic rings. The van der Waals surface area contributed by atoms with E-state index in [1.165, 1.54) is 10.4 Å². The van der Waals surface area contributed by atoms with Crippen molar-refractivity contribution in [1.29, 1.82) is 5.26 Å². The van der Waals surface area contributed by atoms with Gasteiger partial charge in [0.1, 0.15) is 6.07 Å². The van der Waals surface area contributed by atoms with Crippen molar-refractivity contribution in [2.75, 3.05) is 0 Å². The maximum Gasteiger partial charge on any atom is 0.100 e. The summed E-state index contributed by atoms with van der Waals surface area (Å²) in [7, 11) is 0. The van der Waals surface area contributed by atoms with E-state index in [1.807, 2.05) is 29.6 Å². The predicted octanol–water partition coefficient (Wildman–Crippen LogP) is 4.23. The van der Waals surface area contributed by atoms with Gasteiger partial charge in [-0.1, -0.05) is 34.1 Å². The zero-order chi connectivity index (χ0) is 13.0. The van der Waals surface area contributed by atoms with Crippen LogP contribution in [0.1, 0.15) is 29.0 Å². The van der Waals surface area contributed by atoms with Crippen molar-refractivity contribution in [2.45, 2.75) is 19.5 Å². The summed E-state index contributed by atoms with van der Waals surface area (Å²) in [6.45, 7) is 2.92. The van der Waals surface area contributed by atoms with Crippen LogP contribution >= 0.6 is 27.3 Å². The van der Waals surface area contributed by atoms with E-state index in [2.05, 4.69) is 40.3 Å². The van der Waals surface area contributed by atoms with Crippen LogP contribution in [0, 0.1) is 11.3 Å². The predicted molar refractivity (Wildman–Crippen MR) is 78.4 cm³/mol. The molecule has 4 heteroatoms. The highest BCUT2D eigenvalue weighted by atomic mass is 79.9. The number of hydrogen-bond acceptors (Lipinski definition) is 3. The first kappa shape index (κ1) is 13.3. The summed E-state index contributed by atoms with van der Waals surface area (Å²) in [6, 6.07) is 12.6. The first-order valence-corrected chi connectivity index (χ1v) is 7.33. The van der Waals surface area contributed by atoms with E-state index in [9.17, 15) is 0 Å². The van der Waals surface area contributed by atoms with Crippen molar-refractivity contribution >= 4 is 27.3 Å². The molecule has 18 heavy (non-hydrogen) atoms. The Balaban J connectivity index is 1.98. The highest BCUT2D eigenvalue weighted by molar-refractivity contribution is 9.10. The Morgan fingerprint density at radius 1 is 1.44 bits per heavy atom. The fraction of sp³-hybridized carbons (Fsp3) is 0.214. The van der Waals surface area contributed by atoms with Crippen molar-refractivity contribution in [3.05, 3.63) is 56.2 Å². The third-order valence-corrected chi connectivity index (χ3v) is 4.40. The molecular formula is C14H13BrN2S. The van der Waals surface area contributed by atoms with Crippen LogP contribution in [0.3, 0.4) is 0 Å². The summed E-state index contributed by atoms with van der Waals surface area (Å²) in [6.07, 6.45) is 0. The molecule has 0 fully saturated rings. The minimum atomic E-state index is 0.271. The number of thiophene rings is 1. The normalized spacial score (nSPS) is 12.1. The lowest BCUT2D eigenvalue weighted by molar-refractivity contribution is 0.577. The summed E-state index contributed by atoms with van der Waals surface area (Å²) >= 11 is 5.18. The number of nitriles is 1. The van der Waals surface area contributed by atoms with Gasteiger partial charge in [-0.05, 0) is 24.6 Å². The molecule has 0 saturated carbocycles. The van der Waals surface area contributed by atoms with Crippen LogP contribution in [0.15, 0.2) is 40.2 Å². The van der Waals surface area contributed by atoms with Gasteiger partial charge in [-0.3, -0.25) is 0 Å². The molecule has 1 aromatic heterocycles. The SMILES string of the molecule is C[C@@H](NCc1cc(C#N)cs1)c1ccccc1Br. The molecule has 2 nitrogen and oxygen atoms in total. The van der Waals surface area contributed by atoms with Crippen LogP contribution in [-0.4, -0.2) is 0 Å². The molecule has 0 amide bonds. The topological polar surface area (TPSA) is 35.8 Å². The molecule has 1 heterocycles. The molecule has 2 aromatic rings. The minimum Gasteiger partial charge on any atom is -0.305 e. The Kier molecular flexibility index (Phi) is 4.54. The minimum absolute atomic E-state index is 0.271. The van der Waals surface area contributed by atoms with Crippen molar-refractivity contribution in [1.82, 2.24) is 5.32 Å². The lowest BCUT2D eigenvalue weighted by Gasteiger charge is -2.15. The molecular weight excluding hydrogens is 308 g/mol. The molecule has 1 atom stereocenters. The van der Waals surface area contributed by atoms with Gasteiger partial charge in [0.05, 0.1) is 5.56 Å². The van der Waals surface area contributed by atoms with Gasteiger partial charge in [0.25, 0.3) is 0 Å².